The standard InChI is InChI=1S/C65H109NO10/c1-4-7-10-13-16-19-22-25-27-28-29-30-31-33-34-37-40-43-46-49-52-58(69)64(73)66-56(57(68)51-48-45-42-39-36-24-21-18-15-12-9-6-3)55-74-65-63(62(72)61(71)59(54-67)75-65)76-60(70)53-50-47-44-41-38-35-32-26-23-20-17-14-11-8-5-2/h8,11,14,16-17,19-20,23,25-27,29-30,32,35,38,48,51,56-59,61-63,65,67-69,71-72H,4-7,9-10,12-13,15,18,21-22,24,28,31,33-34,36-37,39-47,49-50,52-55H2,1-3H3,(H,66,73)/b11-8+,17-14+,19-16-,23-20-,27-25-,30-29-,32-26-,38-35+,51-48+. The van der Waals surface area contributed by atoms with Crippen LogP contribution in [0.25, 0.3) is 0 Å². The molecule has 434 valence electrons. The Balaban J connectivity index is 2.73. The maximum Gasteiger partial charge on any atom is 0.306 e. The SMILES string of the molecule is CC/C=C/C=C/C=C\C=C/C=C/CCCCCC(=O)OC1C(OCC(NC(=O)C(O)CCCCCCCCC/C=C\C/C=C\C/C=C\CCCCC)C(O)/C=C/CCCCCCCCCCCC)OC(CO)C(O)C1O. The van der Waals surface area contributed by atoms with Crippen LogP contribution in [0.1, 0.15) is 226 Å². The molecule has 0 aromatic heterocycles. The Morgan fingerprint density at radius 2 is 1.00 bits per heavy atom. The van der Waals surface area contributed by atoms with E-state index in [1.54, 1.807) is 6.08 Å². The van der Waals surface area contributed by atoms with E-state index in [0.29, 0.717) is 12.8 Å². The molecule has 8 unspecified atom stereocenters. The molecule has 8 atom stereocenters. The number of hydrogen-bond donors (Lipinski definition) is 6. The lowest BCUT2D eigenvalue weighted by Gasteiger charge is -2.41. The molecule has 1 saturated heterocycles. The summed E-state index contributed by atoms with van der Waals surface area (Å²) in [5.41, 5.74) is 0. The number of unbranched alkanes of at least 4 members (excludes halogenated alkanes) is 23. The first-order valence-electron chi connectivity index (χ1n) is 30.2. The molecule has 1 aliphatic heterocycles. The highest BCUT2D eigenvalue weighted by atomic mass is 16.7. The van der Waals surface area contributed by atoms with Crippen molar-refractivity contribution in [3.63, 3.8) is 0 Å². The fourth-order valence-electron chi connectivity index (χ4n) is 8.74. The molecule has 6 N–H and O–H groups in total. The number of aliphatic hydroxyl groups is 5. The molecule has 1 amide bonds. The summed E-state index contributed by atoms with van der Waals surface area (Å²) >= 11 is 0. The van der Waals surface area contributed by atoms with Crippen LogP contribution in [0.4, 0.5) is 0 Å². The molecule has 0 spiro atoms. The lowest BCUT2D eigenvalue weighted by atomic mass is 9.99. The molecule has 76 heavy (non-hydrogen) atoms. The second kappa shape index (κ2) is 52.0. The van der Waals surface area contributed by atoms with Crippen molar-refractivity contribution in [1.29, 1.82) is 0 Å². The quantitative estimate of drug-likeness (QED) is 0.0149. The summed E-state index contributed by atoms with van der Waals surface area (Å²) in [5, 5.41) is 56.9. The summed E-state index contributed by atoms with van der Waals surface area (Å²) in [6, 6.07) is -1.04. The summed E-state index contributed by atoms with van der Waals surface area (Å²) in [6.45, 7) is 5.57. The monoisotopic (exact) mass is 1060 g/mol. The molecule has 0 aromatic rings. The molecule has 1 fully saturated rings. The number of allylic oxidation sites excluding steroid dienone is 17. The normalized spacial score (nSPS) is 19.9. The van der Waals surface area contributed by atoms with E-state index >= 15 is 0 Å². The van der Waals surface area contributed by atoms with E-state index in [9.17, 15) is 35.1 Å². The van der Waals surface area contributed by atoms with Crippen molar-refractivity contribution in [1.82, 2.24) is 5.32 Å². The zero-order valence-corrected chi connectivity index (χ0v) is 47.8. The van der Waals surface area contributed by atoms with E-state index in [0.717, 1.165) is 96.3 Å². The molecule has 1 rings (SSSR count). The molecule has 1 heterocycles. The van der Waals surface area contributed by atoms with Gasteiger partial charge in [0.15, 0.2) is 12.4 Å². The second-order valence-corrected chi connectivity index (χ2v) is 20.5. The highest BCUT2D eigenvalue weighted by Gasteiger charge is 2.47. The van der Waals surface area contributed by atoms with Crippen LogP contribution < -0.4 is 5.32 Å². The van der Waals surface area contributed by atoms with E-state index in [4.69, 9.17) is 14.2 Å². The number of carbonyl (C=O) groups is 2. The van der Waals surface area contributed by atoms with Crippen molar-refractivity contribution in [3.8, 4) is 0 Å². The van der Waals surface area contributed by atoms with Crippen molar-refractivity contribution < 1.29 is 49.3 Å². The summed E-state index contributed by atoms with van der Waals surface area (Å²) in [7, 11) is 0. The van der Waals surface area contributed by atoms with Crippen LogP contribution in [-0.2, 0) is 23.8 Å². The average molecular weight is 1060 g/mol. The number of ether oxygens (including phenoxy) is 3. The van der Waals surface area contributed by atoms with Gasteiger partial charge in [0.25, 0.3) is 0 Å². The number of rotatable bonds is 49. The van der Waals surface area contributed by atoms with E-state index in [1.165, 1.54) is 83.5 Å². The van der Waals surface area contributed by atoms with Crippen LogP contribution in [0.2, 0.25) is 0 Å². The van der Waals surface area contributed by atoms with Gasteiger partial charge in [0.2, 0.25) is 5.91 Å². The van der Waals surface area contributed by atoms with Gasteiger partial charge in [-0.3, -0.25) is 9.59 Å². The third-order valence-corrected chi connectivity index (χ3v) is 13.5. The summed E-state index contributed by atoms with van der Waals surface area (Å²) in [4.78, 5) is 26.5. The van der Waals surface area contributed by atoms with Gasteiger partial charge < -0.3 is 45.1 Å². The molecular formula is C65H109NO10. The fraction of sp³-hybridized carbons (Fsp3) is 0.692. The Hall–Kier alpha value is -3.68. The fourth-order valence-corrected chi connectivity index (χ4v) is 8.74. The number of nitrogens with one attached hydrogen (secondary N) is 1. The van der Waals surface area contributed by atoms with E-state index < -0.39 is 67.4 Å². The van der Waals surface area contributed by atoms with E-state index in [2.05, 4.69) is 74.7 Å². The number of hydrogen-bond acceptors (Lipinski definition) is 10. The van der Waals surface area contributed by atoms with E-state index in [-0.39, 0.29) is 19.4 Å². The van der Waals surface area contributed by atoms with Crippen molar-refractivity contribution in [2.24, 2.45) is 0 Å². The summed E-state index contributed by atoms with van der Waals surface area (Å²) < 4.78 is 17.5. The number of aliphatic hydroxyl groups excluding tert-OH is 5. The molecule has 0 aromatic carbocycles. The number of esters is 1. The van der Waals surface area contributed by atoms with Gasteiger partial charge in [-0.15, -0.1) is 0 Å². The molecule has 0 saturated carbocycles. The molecule has 0 aliphatic carbocycles. The van der Waals surface area contributed by atoms with Crippen LogP contribution in [0.3, 0.4) is 0 Å². The minimum Gasteiger partial charge on any atom is -0.454 e. The van der Waals surface area contributed by atoms with Crippen molar-refractivity contribution >= 4 is 11.9 Å². The Labute approximate surface area is 462 Å². The van der Waals surface area contributed by atoms with Crippen LogP contribution in [0.15, 0.2) is 109 Å². The highest BCUT2D eigenvalue weighted by molar-refractivity contribution is 5.80. The Morgan fingerprint density at radius 3 is 1.57 bits per heavy atom. The number of carbonyl (C=O) groups excluding carboxylic acids is 2. The Bertz CT molecular complexity index is 1650. The van der Waals surface area contributed by atoms with E-state index in [1.807, 2.05) is 54.7 Å². The zero-order chi connectivity index (χ0) is 55.4. The maximum atomic E-state index is 13.4. The first-order valence-corrected chi connectivity index (χ1v) is 30.2. The predicted octanol–water partition coefficient (Wildman–Crippen LogP) is 14.1. The number of amides is 1. The van der Waals surface area contributed by atoms with Gasteiger partial charge in [-0.1, -0.05) is 246 Å². The lowest BCUT2D eigenvalue weighted by molar-refractivity contribution is -0.305. The first kappa shape index (κ1) is 70.3. The molecule has 0 radical (unpaired) electrons. The highest BCUT2D eigenvalue weighted by Crippen LogP contribution is 2.26. The average Bonchev–Trinajstić information content (AvgIpc) is 3.42. The van der Waals surface area contributed by atoms with Gasteiger partial charge in [0, 0.05) is 6.42 Å². The van der Waals surface area contributed by atoms with Crippen molar-refractivity contribution in [3.05, 3.63) is 109 Å². The summed E-state index contributed by atoms with van der Waals surface area (Å²) in [5.74, 6) is -1.25. The Kier molecular flexibility index (Phi) is 48.2. The largest absolute Gasteiger partial charge is 0.454 e. The van der Waals surface area contributed by atoms with Crippen LogP contribution in [-0.4, -0.2) is 99.6 Å². The van der Waals surface area contributed by atoms with Crippen molar-refractivity contribution in [2.75, 3.05) is 13.2 Å². The molecule has 0 bridgehead atoms. The van der Waals surface area contributed by atoms with Crippen molar-refractivity contribution in [2.45, 2.75) is 275 Å². The minimum absolute atomic E-state index is 0.0678. The van der Waals surface area contributed by atoms with Crippen LogP contribution in [0, 0.1) is 0 Å². The van der Waals surface area contributed by atoms with Crippen LogP contribution >= 0.6 is 0 Å². The predicted molar refractivity (Wildman–Crippen MR) is 315 cm³/mol. The maximum absolute atomic E-state index is 13.4. The van der Waals surface area contributed by atoms with Gasteiger partial charge in [0.1, 0.15) is 24.4 Å². The zero-order valence-electron chi connectivity index (χ0n) is 47.8. The Morgan fingerprint density at radius 1 is 0.539 bits per heavy atom. The lowest BCUT2D eigenvalue weighted by Crippen LogP contribution is -2.61. The minimum atomic E-state index is -1.64. The summed E-state index contributed by atoms with van der Waals surface area (Å²) in [6.07, 6.45) is 59.8. The van der Waals surface area contributed by atoms with Gasteiger partial charge >= 0.3 is 5.97 Å². The smallest absolute Gasteiger partial charge is 0.306 e. The topological polar surface area (TPSA) is 175 Å². The molecular weight excluding hydrogens is 955 g/mol. The third-order valence-electron chi connectivity index (χ3n) is 13.5. The molecule has 11 heteroatoms. The van der Waals surface area contributed by atoms with Gasteiger partial charge in [-0.2, -0.15) is 0 Å². The van der Waals surface area contributed by atoms with Crippen LogP contribution in [0.5, 0.6) is 0 Å². The second-order valence-electron chi connectivity index (χ2n) is 20.5. The van der Waals surface area contributed by atoms with Gasteiger partial charge in [-0.05, 0) is 83.5 Å². The van der Waals surface area contributed by atoms with Gasteiger partial charge in [-0.25, -0.2) is 0 Å². The molecule has 11 nitrogen and oxygen atoms in total. The first-order chi connectivity index (χ1) is 37.2. The van der Waals surface area contributed by atoms with Gasteiger partial charge in [0.05, 0.1) is 25.4 Å². The molecule has 1 aliphatic rings. The third kappa shape index (κ3) is 39.6.